The summed E-state index contributed by atoms with van der Waals surface area (Å²) in [5.41, 5.74) is 1.38. The summed E-state index contributed by atoms with van der Waals surface area (Å²) in [6.07, 6.45) is 6.98. The van der Waals surface area contributed by atoms with Gasteiger partial charge in [0.2, 0.25) is 0 Å². The van der Waals surface area contributed by atoms with Crippen molar-refractivity contribution in [2.45, 2.75) is 71.1 Å². The summed E-state index contributed by atoms with van der Waals surface area (Å²) in [5.74, 6) is 8.01. The molecule has 1 saturated carbocycles. The second-order valence-electron chi connectivity index (χ2n) is 11.3. The minimum atomic E-state index is -4.46. The van der Waals surface area contributed by atoms with Crippen LogP contribution in [-0.2, 0) is 27.2 Å². The van der Waals surface area contributed by atoms with Crippen molar-refractivity contribution < 1.29 is 31.5 Å². The molecule has 4 aromatic rings. The highest BCUT2D eigenvalue weighted by Crippen LogP contribution is 2.37. The smallest absolute Gasteiger partial charge is 0.434 e. The van der Waals surface area contributed by atoms with E-state index in [1.165, 1.54) is 31.2 Å². The van der Waals surface area contributed by atoms with E-state index in [1.807, 2.05) is 43.8 Å². The van der Waals surface area contributed by atoms with Crippen molar-refractivity contribution in [2.75, 3.05) is 18.1 Å². The average Bonchev–Trinajstić information content (AvgIpc) is 3.84. The van der Waals surface area contributed by atoms with Crippen LogP contribution < -0.4 is 0 Å². The van der Waals surface area contributed by atoms with Gasteiger partial charge >= 0.3 is 6.18 Å². The number of aryl methyl sites for hydroxylation is 1. The quantitative estimate of drug-likeness (QED) is 0.0963. The average molecular weight is 691 g/mol. The lowest BCUT2D eigenvalue weighted by molar-refractivity contribution is -0.143. The molecule has 0 N–H and O–H groups in total. The SMILES string of the molecule is CC/C=C(\C)c1cnn(-c2ccc(C)cc2)c1C(F)(F)F.CC1CCC1CCSCc1ccco1.O=COCCSCc1ccco1. The number of aromatic nitrogens is 2. The fraction of sp³-hybridized carbons (Fsp3) is 0.444. The molecule has 1 aromatic carbocycles. The van der Waals surface area contributed by atoms with E-state index in [2.05, 4.69) is 22.8 Å². The molecule has 0 spiro atoms. The third-order valence-corrected chi connectivity index (χ3v) is 9.70. The summed E-state index contributed by atoms with van der Waals surface area (Å²) in [6, 6.07) is 14.6. The standard InChI is InChI=1S/C16H17F3N2.C12H18OS.C8H10O3S/c1-4-5-12(3)14-10-20-21(15(14)16(17,18)19)13-8-6-11(2)7-9-13;1-10-4-5-11(10)6-8-14-9-12-3-2-7-13-12;9-7-10-4-5-12-6-8-2-1-3-11-8/h5-10H,4H2,1-3H3;2-3,7,10-11H,4-6,8-9H2,1H3;1-3,7H,4-6H2/b12-5+;;. The van der Waals surface area contributed by atoms with Gasteiger partial charge in [0.1, 0.15) is 18.1 Å². The highest BCUT2D eigenvalue weighted by molar-refractivity contribution is 7.98. The maximum absolute atomic E-state index is 13.4. The van der Waals surface area contributed by atoms with E-state index in [0.717, 1.165) is 50.9 Å². The van der Waals surface area contributed by atoms with Crippen molar-refractivity contribution in [3.8, 4) is 5.69 Å². The number of nitrogens with zero attached hydrogens (tertiary/aromatic N) is 2. The molecule has 0 aliphatic heterocycles. The molecule has 3 aromatic heterocycles. The Hall–Kier alpha value is -3.31. The lowest BCUT2D eigenvalue weighted by Crippen LogP contribution is -2.23. The largest absolute Gasteiger partial charge is 0.468 e. The van der Waals surface area contributed by atoms with E-state index in [4.69, 9.17) is 8.83 Å². The molecular formula is C36H45F3N2O4S2. The van der Waals surface area contributed by atoms with Gasteiger partial charge in [0.15, 0.2) is 5.69 Å². The lowest BCUT2D eigenvalue weighted by Gasteiger charge is -2.33. The Bertz CT molecular complexity index is 1450. The monoisotopic (exact) mass is 690 g/mol. The van der Waals surface area contributed by atoms with E-state index in [9.17, 15) is 18.0 Å². The van der Waals surface area contributed by atoms with E-state index < -0.39 is 11.9 Å². The van der Waals surface area contributed by atoms with Gasteiger partial charge in [-0.2, -0.15) is 41.8 Å². The molecule has 0 amide bonds. The van der Waals surface area contributed by atoms with Gasteiger partial charge in [-0.15, -0.1) is 0 Å². The molecule has 2 unspecified atom stereocenters. The zero-order valence-corrected chi connectivity index (χ0v) is 29.1. The lowest BCUT2D eigenvalue weighted by atomic mass is 9.74. The maximum Gasteiger partial charge on any atom is 0.434 e. The van der Waals surface area contributed by atoms with Gasteiger partial charge in [-0.1, -0.05) is 44.0 Å². The van der Waals surface area contributed by atoms with Crippen molar-refractivity contribution in [1.82, 2.24) is 9.78 Å². The van der Waals surface area contributed by atoms with Gasteiger partial charge in [-0.05, 0) is 92.7 Å². The van der Waals surface area contributed by atoms with Gasteiger partial charge in [0.25, 0.3) is 6.47 Å². The summed E-state index contributed by atoms with van der Waals surface area (Å²) in [5, 5.41) is 3.94. The third kappa shape index (κ3) is 13.0. The number of carbonyl (C=O) groups is 1. The molecule has 0 radical (unpaired) electrons. The second kappa shape index (κ2) is 20.1. The Kier molecular flexibility index (Phi) is 16.3. The molecule has 1 aliphatic carbocycles. The number of benzene rings is 1. The number of alkyl halides is 3. The summed E-state index contributed by atoms with van der Waals surface area (Å²) in [7, 11) is 0. The van der Waals surface area contributed by atoms with Crippen molar-refractivity contribution in [3.63, 3.8) is 0 Å². The molecule has 3 heterocycles. The molecule has 0 saturated heterocycles. The van der Waals surface area contributed by atoms with Crippen LogP contribution in [0.2, 0.25) is 0 Å². The highest BCUT2D eigenvalue weighted by Gasteiger charge is 2.38. The number of ether oxygens (including phenoxy) is 1. The first-order valence-electron chi connectivity index (χ1n) is 15.8. The predicted octanol–water partition coefficient (Wildman–Crippen LogP) is 10.6. The summed E-state index contributed by atoms with van der Waals surface area (Å²) in [4.78, 5) is 9.75. The predicted molar refractivity (Wildman–Crippen MR) is 186 cm³/mol. The Morgan fingerprint density at radius 2 is 1.66 bits per heavy atom. The molecule has 2 atom stereocenters. The summed E-state index contributed by atoms with van der Waals surface area (Å²) < 4.78 is 56.1. The van der Waals surface area contributed by atoms with Crippen LogP contribution in [0.3, 0.4) is 0 Å². The van der Waals surface area contributed by atoms with E-state index in [0.29, 0.717) is 30.8 Å². The molecule has 6 nitrogen and oxygen atoms in total. The van der Waals surface area contributed by atoms with E-state index >= 15 is 0 Å². The molecular weight excluding hydrogens is 646 g/mol. The Labute approximate surface area is 284 Å². The number of hydrogen-bond donors (Lipinski definition) is 0. The zero-order valence-electron chi connectivity index (χ0n) is 27.5. The number of halogens is 3. The molecule has 1 aliphatic rings. The van der Waals surface area contributed by atoms with E-state index in [-0.39, 0.29) is 5.56 Å². The molecule has 1 fully saturated rings. The second-order valence-corrected chi connectivity index (χ2v) is 13.5. The Balaban J connectivity index is 0.000000201. The minimum absolute atomic E-state index is 0.130. The topological polar surface area (TPSA) is 70.4 Å². The molecule has 11 heteroatoms. The van der Waals surface area contributed by atoms with Crippen molar-refractivity contribution in [3.05, 3.63) is 102 Å². The van der Waals surface area contributed by atoms with Gasteiger partial charge in [-0.3, -0.25) is 4.79 Å². The first-order chi connectivity index (χ1) is 22.6. The zero-order chi connectivity index (χ0) is 34.1. The van der Waals surface area contributed by atoms with Crippen LogP contribution in [0, 0.1) is 18.8 Å². The van der Waals surface area contributed by atoms with Crippen LogP contribution in [0.15, 0.2) is 82.2 Å². The summed E-state index contributed by atoms with van der Waals surface area (Å²) >= 11 is 3.67. The van der Waals surface area contributed by atoms with E-state index in [1.54, 1.807) is 61.6 Å². The Morgan fingerprint density at radius 3 is 2.15 bits per heavy atom. The number of carbonyl (C=O) groups excluding carboxylic acids is 1. The number of furan rings is 2. The number of rotatable bonds is 14. The van der Waals surface area contributed by atoms with Gasteiger partial charge in [0, 0.05) is 11.3 Å². The fourth-order valence-corrected chi connectivity index (χ4v) is 6.60. The third-order valence-electron chi connectivity index (χ3n) is 7.74. The minimum Gasteiger partial charge on any atom is -0.468 e. The van der Waals surface area contributed by atoms with Crippen molar-refractivity contribution in [2.24, 2.45) is 11.8 Å². The van der Waals surface area contributed by atoms with Gasteiger partial charge in [0.05, 0.1) is 35.9 Å². The van der Waals surface area contributed by atoms with Gasteiger partial charge in [-0.25, -0.2) is 4.68 Å². The van der Waals surface area contributed by atoms with Crippen LogP contribution in [-0.4, -0.2) is 34.4 Å². The number of allylic oxidation sites excluding steroid dienone is 2. The highest BCUT2D eigenvalue weighted by atomic mass is 32.2. The van der Waals surface area contributed by atoms with Gasteiger partial charge < -0.3 is 13.6 Å². The van der Waals surface area contributed by atoms with Crippen LogP contribution >= 0.6 is 23.5 Å². The first-order valence-corrected chi connectivity index (χ1v) is 18.1. The Morgan fingerprint density at radius 1 is 1.02 bits per heavy atom. The molecule has 47 heavy (non-hydrogen) atoms. The normalized spacial score (nSPS) is 15.9. The fourth-order valence-electron chi connectivity index (χ4n) is 4.90. The first kappa shape index (κ1) is 38.1. The number of hydrogen-bond acceptors (Lipinski definition) is 7. The van der Waals surface area contributed by atoms with Crippen molar-refractivity contribution in [1.29, 1.82) is 0 Å². The molecule has 0 bridgehead atoms. The summed E-state index contributed by atoms with van der Waals surface area (Å²) in [6.45, 7) is 8.77. The maximum atomic E-state index is 13.4. The van der Waals surface area contributed by atoms with Crippen LogP contribution in [0.1, 0.15) is 74.8 Å². The van der Waals surface area contributed by atoms with Crippen LogP contribution in [0.25, 0.3) is 11.3 Å². The van der Waals surface area contributed by atoms with Crippen LogP contribution in [0.4, 0.5) is 13.2 Å². The van der Waals surface area contributed by atoms with Crippen molar-refractivity contribution >= 4 is 35.6 Å². The molecule has 5 rings (SSSR count). The molecule has 256 valence electrons. The van der Waals surface area contributed by atoms with Crippen LogP contribution in [0.5, 0.6) is 0 Å². The number of thioether (sulfide) groups is 2.